The fraction of sp³-hybridized carbons (Fsp3) is 0.778. The number of hydrogen-bond donors (Lipinski definition) is 4. The number of aliphatic hydroxyl groups is 1. The summed E-state index contributed by atoms with van der Waals surface area (Å²) in [5, 5.41) is 9.09. The third-order valence-electron chi connectivity index (χ3n) is 15.8. The fourth-order valence-electron chi connectivity index (χ4n) is 11.2. The van der Waals surface area contributed by atoms with E-state index in [1.807, 2.05) is 13.8 Å². The Morgan fingerprint density at radius 2 is 0.792 bits per heavy atom. The first-order valence-electron chi connectivity index (χ1n) is 31.4. The Hall–Kier alpha value is -3.61. The lowest BCUT2D eigenvalue weighted by molar-refractivity contribution is -0.233. The molecular formula is C54H84N6O31P5-5. The van der Waals surface area contributed by atoms with Crippen LogP contribution in [0.3, 0.4) is 0 Å². The minimum absolute atomic E-state index is 0.0123. The number of phosphoric ester groups is 5. The van der Waals surface area contributed by atoms with Gasteiger partial charge in [0.2, 0.25) is 0 Å². The van der Waals surface area contributed by atoms with E-state index in [-0.39, 0.29) is 140 Å². The van der Waals surface area contributed by atoms with Gasteiger partial charge >= 0.3 is 17.1 Å². The number of ether oxygens (including phenoxy) is 4. The van der Waals surface area contributed by atoms with Crippen LogP contribution in [0, 0.1) is 26.7 Å². The number of rotatable bonds is 42. The molecule has 7 rings (SSSR count). The summed E-state index contributed by atoms with van der Waals surface area (Å²) in [7, 11) is -25.2. The number of aryl methyl sites for hydroxylation is 3. The van der Waals surface area contributed by atoms with Crippen molar-refractivity contribution >= 4 is 39.1 Å². The van der Waals surface area contributed by atoms with Crippen molar-refractivity contribution in [2.24, 2.45) is 5.92 Å². The zero-order valence-corrected chi connectivity index (χ0v) is 58.1. The smallest absolute Gasteiger partial charge is 0.328 e. The molecule has 3 aromatic rings. The molecule has 546 valence electrons. The predicted molar refractivity (Wildman–Crippen MR) is 324 cm³/mol. The van der Waals surface area contributed by atoms with Crippen LogP contribution in [0.4, 0.5) is 0 Å². The molecule has 37 nitrogen and oxygen atoms in total. The van der Waals surface area contributed by atoms with Crippen LogP contribution in [-0.4, -0.2) is 154 Å². The third kappa shape index (κ3) is 25.8. The summed E-state index contributed by atoms with van der Waals surface area (Å²) in [6.45, 7) is 5.19. The van der Waals surface area contributed by atoms with Crippen LogP contribution in [-0.2, 0) is 107 Å². The summed E-state index contributed by atoms with van der Waals surface area (Å²) in [6, 6.07) is 0. The first-order valence-corrected chi connectivity index (χ1v) is 38.7. The second-order valence-corrected chi connectivity index (χ2v) is 31.0. The molecule has 9 unspecified atom stereocenters. The van der Waals surface area contributed by atoms with Crippen molar-refractivity contribution in [3.63, 3.8) is 0 Å². The quantitative estimate of drug-likeness (QED) is 0.0439. The highest BCUT2D eigenvalue weighted by molar-refractivity contribution is 7.46. The molecule has 96 heavy (non-hydrogen) atoms. The van der Waals surface area contributed by atoms with Crippen molar-refractivity contribution in [2.45, 2.75) is 211 Å². The molecule has 4 aliphatic rings. The van der Waals surface area contributed by atoms with Crippen molar-refractivity contribution in [1.82, 2.24) is 28.7 Å². The fourth-order valence-corrected chi connectivity index (χ4v) is 15.8. The summed E-state index contributed by atoms with van der Waals surface area (Å²) in [4.78, 5) is 146. The van der Waals surface area contributed by atoms with Crippen LogP contribution in [0.15, 0.2) is 47.4 Å². The third-order valence-corrected chi connectivity index (χ3v) is 20.9. The molecule has 7 heterocycles. The molecule has 4 fully saturated rings. The SMILES string of the molecule is Cc1cn(C[C@H]2CC(OP(=O)([O-])OCCC[C@H]3O[C@@H](Cn4cc(C)c(=O)[nH]c4=O)CC3OP(=O)([O-])OCCCO)[C@@H](CCCOP(=O)([O-])OC3CCO[C@@H]3CCCOP(=O)([O-])OC3C[C@H](Cn4cc(C)c(=O)[nH]c4=O)O[C@@H]3CCOP(=O)([O-])OCCCC(C)C)O2)c(=O)[nH]c1=O. The molecule has 4 saturated heterocycles. The van der Waals surface area contributed by atoms with Gasteiger partial charge in [-0.3, -0.25) is 65.9 Å². The van der Waals surface area contributed by atoms with Crippen LogP contribution >= 0.6 is 39.1 Å². The molecule has 0 bridgehead atoms. The van der Waals surface area contributed by atoms with Gasteiger partial charge in [-0.25, -0.2) is 14.4 Å². The molecule has 0 aliphatic carbocycles. The summed E-state index contributed by atoms with van der Waals surface area (Å²) in [5.41, 5.74) is -3.46. The first-order chi connectivity index (χ1) is 45.2. The molecule has 16 atom stereocenters. The van der Waals surface area contributed by atoms with E-state index >= 15 is 0 Å². The first kappa shape index (κ1) is 79.7. The van der Waals surface area contributed by atoms with E-state index in [1.165, 1.54) is 48.5 Å². The van der Waals surface area contributed by atoms with Crippen molar-refractivity contribution in [3.05, 3.63) is 97.8 Å². The van der Waals surface area contributed by atoms with E-state index in [9.17, 15) is 76.1 Å². The summed E-state index contributed by atoms with van der Waals surface area (Å²) in [5.74, 6) is 0.317. The second-order valence-electron chi connectivity index (χ2n) is 24.1. The average Bonchev–Trinajstić information content (AvgIpc) is 1.68. The number of phosphoric acid groups is 5. The number of nitrogens with one attached hydrogen (secondary N) is 3. The van der Waals surface area contributed by atoms with Gasteiger partial charge < -0.3 is 93.8 Å². The number of nitrogens with zero attached hydrogens (tertiary/aromatic N) is 3. The van der Waals surface area contributed by atoms with Gasteiger partial charge in [0, 0.05) is 74.2 Å². The lowest BCUT2D eigenvalue weighted by Crippen LogP contribution is -2.34. The molecule has 3 aromatic heterocycles. The van der Waals surface area contributed by atoms with Gasteiger partial charge in [-0.1, -0.05) is 13.8 Å². The summed E-state index contributed by atoms with van der Waals surface area (Å²) >= 11 is 0. The minimum Gasteiger partial charge on any atom is -0.756 e. The van der Waals surface area contributed by atoms with E-state index < -0.39 is 166 Å². The maximum Gasteiger partial charge on any atom is 0.328 e. The summed E-state index contributed by atoms with van der Waals surface area (Å²) < 4.78 is 145. The second kappa shape index (κ2) is 36.3. The maximum atomic E-state index is 13.5. The largest absolute Gasteiger partial charge is 0.756 e. The standard InChI is InChI=1S/C54H89N6O31P5/c1-34(2)11-6-18-79-92(68,69)84-24-16-44-48(27-40(87-44)33-60-30-37(5)51(64)57-54(60)67)91-95(74,75)81-19-7-12-41-45(15-23-78-41)88-93(70,71)80-20-8-13-42-46(25-38(85-42)31-58-28-35(3)49(62)55-52(58)65)89-94(72,73)82-21-9-14-43-47(90-96(76,77)83-22-10-17-61)26-39(86-43)32-59-29-36(4)50(63)56-53(59)66/h28-30,34,38-48,61H,6-27,31-33H2,1-5H3,(H,68,69)(H,70,71)(H,72,73)(H,74,75)(H,76,77)(H,55,62,65)(H,56,63,66)(H,57,64,67)/p-5/t38-,39-,40-,41-,42-,43-,44-,45?,46?,47?,48?/m1/s1. The Balaban J connectivity index is 0.888. The molecule has 4 aliphatic heterocycles. The van der Waals surface area contributed by atoms with Gasteiger partial charge in [0.1, 0.15) is 0 Å². The van der Waals surface area contributed by atoms with Crippen molar-refractivity contribution in [3.8, 4) is 0 Å². The molecule has 0 amide bonds. The van der Waals surface area contributed by atoms with E-state index in [0.717, 1.165) is 4.57 Å². The summed E-state index contributed by atoms with van der Waals surface area (Å²) in [6.07, 6.45) is -7.04. The minimum atomic E-state index is -5.22. The lowest BCUT2D eigenvalue weighted by atomic mass is 10.1. The molecule has 42 heteroatoms. The van der Waals surface area contributed by atoms with Crippen LogP contribution in [0.2, 0.25) is 0 Å². The van der Waals surface area contributed by atoms with Crippen molar-refractivity contribution in [2.75, 3.05) is 52.9 Å². The Bertz CT molecular complexity index is 3650. The van der Waals surface area contributed by atoms with E-state index in [1.54, 1.807) is 0 Å². The highest BCUT2D eigenvalue weighted by Gasteiger charge is 2.42. The van der Waals surface area contributed by atoms with Crippen molar-refractivity contribution < 1.29 is 117 Å². The zero-order chi connectivity index (χ0) is 70.2. The van der Waals surface area contributed by atoms with Gasteiger partial charge in [-0.2, -0.15) is 0 Å². The Morgan fingerprint density at radius 3 is 1.17 bits per heavy atom. The van der Waals surface area contributed by atoms with Gasteiger partial charge in [0.25, 0.3) is 55.8 Å². The highest BCUT2D eigenvalue weighted by atomic mass is 31.2. The Labute approximate surface area is 550 Å². The van der Waals surface area contributed by atoms with E-state index in [2.05, 4.69) is 15.0 Å². The highest BCUT2D eigenvalue weighted by Crippen LogP contribution is 2.49. The van der Waals surface area contributed by atoms with Crippen LogP contribution < -0.4 is 58.2 Å². The van der Waals surface area contributed by atoms with Gasteiger partial charge in [0.15, 0.2) is 0 Å². The van der Waals surface area contributed by atoms with Gasteiger partial charge in [-0.15, -0.1) is 0 Å². The zero-order valence-electron chi connectivity index (χ0n) is 53.6. The molecule has 0 aromatic carbocycles. The van der Waals surface area contributed by atoms with E-state index in [0.29, 0.717) is 18.8 Å². The monoisotopic (exact) mass is 1470 g/mol. The average molecular weight is 1470 g/mol. The molecular weight excluding hydrogens is 1380 g/mol. The number of aliphatic hydroxyl groups excluding tert-OH is 1. The van der Waals surface area contributed by atoms with Crippen LogP contribution in [0.25, 0.3) is 0 Å². The molecule has 0 saturated carbocycles. The predicted octanol–water partition coefficient (Wildman–Crippen LogP) is 0.355. The van der Waals surface area contributed by atoms with Crippen LogP contribution in [0.1, 0.15) is 120 Å². The lowest BCUT2D eigenvalue weighted by Gasteiger charge is -2.30. The topological polar surface area (TPSA) is 515 Å². The van der Waals surface area contributed by atoms with Gasteiger partial charge in [0.05, 0.1) is 126 Å². The number of aromatic nitrogens is 6. The number of H-pyrrole nitrogens is 3. The number of hydrogen-bond acceptors (Lipinski definition) is 31. The van der Waals surface area contributed by atoms with Gasteiger partial charge in [-0.05, 0) is 90.9 Å². The Kier molecular flexibility index (Phi) is 30.2. The molecule has 0 spiro atoms. The molecule has 4 N–H and O–H groups in total. The number of aromatic amines is 3. The Morgan fingerprint density at radius 1 is 0.469 bits per heavy atom. The van der Waals surface area contributed by atoms with Crippen molar-refractivity contribution in [1.29, 1.82) is 0 Å². The van der Waals surface area contributed by atoms with E-state index in [4.69, 9.17) is 69.3 Å². The maximum absolute atomic E-state index is 13.5. The van der Waals surface area contributed by atoms with Crippen LogP contribution in [0.5, 0.6) is 0 Å². The molecule has 0 radical (unpaired) electrons. The normalized spacial score (nSPS) is 27.0.